The van der Waals surface area contributed by atoms with Gasteiger partial charge >= 0.3 is 0 Å². The van der Waals surface area contributed by atoms with Gasteiger partial charge in [0.25, 0.3) is 5.91 Å². The first-order chi connectivity index (χ1) is 15.6. The van der Waals surface area contributed by atoms with Gasteiger partial charge < -0.3 is 14.6 Å². The molecule has 2 N–H and O–H groups in total. The molecule has 1 aliphatic rings. The van der Waals surface area contributed by atoms with Crippen molar-refractivity contribution in [1.82, 2.24) is 20.1 Å². The van der Waals surface area contributed by atoms with Crippen molar-refractivity contribution in [3.05, 3.63) is 83.1 Å². The Kier molecular flexibility index (Phi) is 5.39. The number of hydrogen-bond acceptors (Lipinski definition) is 3. The third kappa shape index (κ3) is 3.98. The van der Waals surface area contributed by atoms with Crippen molar-refractivity contribution in [2.75, 3.05) is 19.7 Å². The van der Waals surface area contributed by atoms with E-state index in [1.165, 1.54) is 12.1 Å². The number of nitrogens with zero attached hydrogens (tertiary/aromatic N) is 2. The summed E-state index contributed by atoms with van der Waals surface area (Å²) in [4.78, 5) is 18.3. The van der Waals surface area contributed by atoms with Crippen molar-refractivity contribution in [3.8, 4) is 5.75 Å². The topological polar surface area (TPSA) is 74.0 Å². The zero-order valence-corrected chi connectivity index (χ0v) is 17.9. The number of fused-ring (bicyclic) bond motifs is 1. The average Bonchev–Trinajstić information content (AvgIpc) is 3.54. The second kappa shape index (κ2) is 8.49. The van der Waals surface area contributed by atoms with Crippen molar-refractivity contribution < 1.29 is 13.9 Å². The molecule has 7 heteroatoms. The summed E-state index contributed by atoms with van der Waals surface area (Å²) in [6.07, 6.45) is 1.56. The fraction of sp³-hybridized carbons (Fsp3) is 0.280. The Morgan fingerprint density at radius 3 is 2.84 bits per heavy atom. The van der Waals surface area contributed by atoms with Gasteiger partial charge in [-0.05, 0) is 55.3 Å². The smallest absolute Gasteiger partial charge is 0.270 e. The van der Waals surface area contributed by atoms with E-state index in [1.807, 2.05) is 36.1 Å². The number of H-pyrrole nitrogens is 2. The van der Waals surface area contributed by atoms with E-state index in [4.69, 9.17) is 4.74 Å². The minimum atomic E-state index is -0.278. The summed E-state index contributed by atoms with van der Waals surface area (Å²) in [7, 11) is 0. The fourth-order valence-electron chi connectivity index (χ4n) is 4.37. The molecular weight excluding hydrogens is 407 g/mol. The molecule has 0 bridgehead atoms. The number of carbonyl (C=O) groups excluding carboxylic acids is 1. The van der Waals surface area contributed by atoms with Gasteiger partial charge in [0.1, 0.15) is 17.3 Å². The van der Waals surface area contributed by atoms with Gasteiger partial charge in [0.2, 0.25) is 0 Å². The normalized spacial score (nSPS) is 16.1. The minimum absolute atomic E-state index is 0.0460. The number of aryl methyl sites for hydroxylation is 1. The number of carbonyl (C=O) groups is 1. The molecule has 4 aromatic rings. The number of halogens is 1. The third-order valence-electron chi connectivity index (χ3n) is 6.18. The number of amides is 1. The third-order valence-corrected chi connectivity index (χ3v) is 6.18. The molecule has 0 saturated carbocycles. The summed E-state index contributed by atoms with van der Waals surface area (Å²) in [5, 5.41) is 8.65. The average molecular weight is 432 g/mol. The lowest BCUT2D eigenvalue weighted by atomic mass is 10.0. The SMILES string of the molecule is Cc1c(C(=O)N2CCC(c3cc(CCOc4ccc(F)cc4)[nH]n3)C2)[nH]c2ccccc12. The maximum absolute atomic E-state index is 13.1. The van der Waals surface area contributed by atoms with Crippen LogP contribution in [0.25, 0.3) is 10.9 Å². The molecule has 1 atom stereocenters. The van der Waals surface area contributed by atoms with Gasteiger partial charge in [-0.1, -0.05) is 18.2 Å². The van der Waals surface area contributed by atoms with E-state index < -0.39 is 0 Å². The first kappa shape index (κ1) is 20.3. The van der Waals surface area contributed by atoms with E-state index in [9.17, 15) is 9.18 Å². The van der Waals surface area contributed by atoms with Crippen LogP contribution in [0.2, 0.25) is 0 Å². The van der Waals surface area contributed by atoms with Crippen molar-refractivity contribution >= 4 is 16.8 Å². The van der Waals surface area contributed by atoms with Gasteiger partial charge in [0, 0.05) is 42.0 Å². The molecule has 1 aliphatic heterocycles. The van der Waals surface area contributed by atoms with Crippen LogP contribution in [0, 0.1) is 12.7 Å². The van der Waals surface area contributed by atoms with Crippen molar-refractivity contribution in [2.24, 2.45) is 0 Å². The second-order valence-corrected chi connectivity index (χ2v) is 8.28. The molecule has 3 heterocycles. The van der Waals surface area contributed by atoms with Gasteiger partial charge in [-0.25, -0.2) is 4.39 Å². The van der Waals surface area contributed by atoms with E-state index in [0.29, 0.717) is 37.6 Å². The molecule has 2 aromatic heterocycles. The lowest BCUT2D eigenvalue weighted by Crippen LogP contribution is -2.29. The van der Waals surface area contributed by atoms with Crippen LogP contribution in [0.15, 0.2) is 54.6 Å². The summed E-state index contributed by atoms with van der Waals surface area (Å²) >= 11 is 0. The summed E-state index contributed by atoms with van der Waals surface area (Å²) in [5.41, 5.74) is 4.62. The molecule has 1 fully saturated rings. The van der Waals surface area contributed by atoms with E-state index in [0.717, 1.165) is 34.3 Å². The van der Waals surface area contributed by atoms with Crippen LogP contribution in [-0.2, 0) is 6.42 Å². The largest absolute Gasteiger partial charge is 0.493 e. The molecular formula is C25H25FN4O2. The number of aromatic amines is 2. The molecule has 1 amide bonds. The minimum Gasteiger partial charge on any atom is -0.493 e. The zero-order valence-electron chi connectivity index (χ0n) is 17.9. The lowest BCUT2D eigenvalue weighted by molar-refractivity contribution is 0.0785. The maximum atomic E-state index is 13.1. The highest BCUT2D eigenvalue weighted by Gasteiger charge is 2.31. The molecule has 32 heavy (non-hydrogen) atoms. The van der Waals surface area contributed by atoms with Crippen LogP contribution in [0.4, 0.5) is 4.39 Å². The van der Waals surface area contributed by atoms with Crippen LogP contribution in [0.5, 0.6) is 5.75 Å². The van der Waals surface area contributed by atoms with Gasteiger partial charge in [0.05, 0.1) is 12.3 Å². The standard InChI is InChI=1S/C25H25FN4O2/c1-16-21-4-2-3-5-22(21)27-24(16)25(31)30-12-10-17(15-30)23-14-19(28-29-23)11-13-32-20-8-6-18(26)7-9-20/h2-9,14,17,27H,10-13,15H2,1H3,(H,28,29). The summed E-state index contributed by atoms with van der Waals surface area (Å²) in [5.74, 6) is 0.624. The van der Waals surface area contributed by atoms with Gasteiger partial charge in [-0.2, -0.15) is 5.10 Å². The Morgan fingerprint density at radius 2 is 2.03 bits per heavy atom. The monoisotopic (exact) mass is 432 g/mol. The van der Waals surface area contributed by atoms with Gasteiger partial charge in [-0.3, -0.25) is 9.89 Å². The summed E-state index contributed by atoms with van der Waals surface area (Å²) < 4.78 is 18.6. The molecule has 5 rings (SSSR count). The molecule has 6 nitrogen and oxygen atoms in total. The Balaban J connectivity index is 1.19. The predicted molar refractivity (Wildman–Crippen MR) is 120 cm³/mol. The Labute approximate surface area is 185 Å². The number of ether oxygens (including phenoxy) is 1. The number of aromatic nitrogens is 3. The molecule has 0 radical (unpaired) electrons. The molecule has 1 unspecified atom stereocenters. The Hall–Kier alpha value is -3.61. The summed E-state index contributed by atoms with van der Waals surface area (Å²) in [6.45, 7) is 3.84. The number of rotatable bonds is 6. The molecule has 1 saturated heterocycles. The maximum Gasteiger partial charge on any atom is 0.270 e. The Bertz CT molecular complexity index is 1240. The number of benzene rings is 2. The molecule has 164 valence electrons. The summed E-state index contributed by atoms with van der Waals surface area (Å²) in [6, 6.07) is 16.1. The van der Waals surface area contributed by atoms with E-state index in [-0.39, 0.29) is 17.6 Å². The van der Waals surface area contributed by atoms with Crippen LogP contribution < -0.4 is 4.74 Å². The van der Waals surface area contributed by atoms with Crippen LogP contribution in [-0.4, -0.2) is 45.7 Å². The van der Waals surface area contributed by atoms with Crippen molar-refractivity contribution in [1.29, 1.82) is 0 Å². The van der Waals surface area contributed by atoms with E-state index >= 15 is 0 Å². The predicted octanol–water partition coefficient (Wildman–Crippen LogP) is 4.59. The second-order valence-electron chi connectivity index (χ2n) is 8.28. The number of likely N-dealkylation sites (tertiary alicyclic amines) is 1. The van der Waals surface area contributed by atoms with Crippen LogP contribution in [0.1, 0.15) is 39.8 Å². The lowest BCUT2D eigenvalue weighted by Gasteiger charge is -2.15. The number of hydrogen-bond donors (Lipinski definition) is 2. The number of para-hydroxylation sites is 1. The highest BCUT2D eigenvalue weighted by molar-refractivity contribution is 6.01. The quantitative estimate of drug-likeness (QED) is 0.468. The van der Waals surface area contributed by atoms with Crippen LogP contribution in [0.3, 0.4) is 0 Å². The van der Waals surface area contributed by atoms with E-state index in [1.54, 1.807) is 12.1 Å². The first-order valence-electron chi connectivity index (χ1n) is 10.9. The van der Waals surface area contributed by atoms with Crippen LogP contribution >= 0.6 is 0 Å². The zero-order chi connectivity index (χ0) is 22.1. The van der Waals surface area contributed by atoms with Gasteiger partial charge in [-0.15, -0.1) is 0 Å². The fourth-order valence-corrected chi connectivity index (χ4v) is 4.37. The first-order valence-corrected chi connectivity index (χ1v) is 10.9. The highest BCUT2D eigenvalue weighted by atomic mass is 19.1. The van der Waals surface area contributed by atoms with Crippen molar-refractivity contribution in [2.45, 2.75) is 25.7 Å². The highest BCUT2D eigenvalue weighted by Crippen LogP contribution is 2.29. The molecule has 0 spiro atoms. The van der Waals surface area contributed by atoms with Crippen molar-refractivity contribution in [3.63, 3.8) is 0 Å². The molecule has 2 aromatic carbocycles. The number of nitrogens with one attached hydrogen (secondary N) is 2. The van der Waals surface area contributed by atoms with E-state index in [2.05, 4.69) is 21.2 Å². The Morgan fingerprint density at radius 1 is 1.22 bits per heavy atom. The molecule has 0 aliphatic carbocycles. The van der Waals surface area contributed by atoms with Gasteiger partial charge in [0.15, 0.2) is 0 Å².